The Morgan fingerprint density at radius 1 is 1.30 bits per heavy atom. The van der Waals surface area contributed by atoms with E-state index in [0.717, 1.165) is 43.0 Å². The van der Waals surface area contributed by atoms with Crippen molar-refractivity contribution >= 4 is 23.6 Å². The largest absolute Gasteiger partial charge is 0.339 e. The first-order chi connectivity index (χ1) is 11.1. The van der Waals surface area contributed by atoms with Crippen LogP contribution in [0.2, 0.25) is 0 Å². The molecule has 0 spiro atoms. The van der Waals surface area contributed by atoms with Crippen molar-refractivity contribution in [3.63, 3.8) is 0 Å². The molecule has 23 heavy (non-hydrogen) atoms. The third-order valence-corrected chi connectivity index (χ3v) is 5.44. The van der Waals surface area contributed by atoms with Gasteiger partial charge in [0.1, 0.15) is 6.04 Å². The molecule has 0 radical (unpaired) electrons. The van der Waals surface area contributed by atoms with Gasteiger partial charge in [0.15, 0.2) is 0 Å². The molecular weight excluding hydrogens is 312 g/mol. The van der Waals surface area contributed by atoms with E-state index in [1.165, 1.54) is 0 Å². The molecule has 126 valence electrons. The number of aromatic nitrogens is 2. The second-order valence-electron chi connectivity index (χ2n) is 6.21. The van der Waals surface area contributed by atoms with Crippen LogP contribution in [0.3, 0.4) is 0 Å². The Balaban J connectivity index is 1.56. The third kappa shape index (κ3) is 3.88. The number of hydrogen-bond donors (Lipinski definition) is 0. The molecule has 2 aliphatic heterocycles. The Kier molecular flexibility index (Phi) is 5.25. The second-order valence-corrected chi connectivity index (χ2v) is 7.44. The number of hydrogen-bond acceptors (Lipinski definition) is 4. The molecule has 3 heterocycles. The topological polar surface area (TPSA) is 58.4 Å². The molecular formula is C16H24N4O2S. The number of rotatable bonds is 4. The van der Waals surface area contributed by atoms with Gasteiger partial charge in [0, 0.05) is 50.3 Å². The molecule has 7 heteroatoms. The lowest BCUT2D eigenvalue weighted by Crippen LogP contribution is -2.50. The summed E-state index contributed by atoms with van der Waals surface area (Å²) in [7, 11) is 0. The smallest absolute Gasteiger partial charge is 0.245 e. The predicted octanol–water partition coefficient (Wildman–Crippen LogP) is 1.15. The van der Waals surface area contributed by atoms with Crippen LogP contribution in [0, 0.1) is 6.92 Å². The Bertz CT molecular complexity index is 568. The first kappa shape index (κ1) is 16.4. The molecule has 2 saturated heterocycles. The zero-order valence-corrected chi connectivity index (χ0v) is 14.4. The number of nitrogens with zero attached hydrogens (tertiary/aromatic N) is 4. The molecule has 0 aliphatic carbocycles. The molecule has 0 bridgehead atoms. The molecule has 3 rings (SSSR count). The summed E-state index contributed by atoms with van der Waals surface area (Å²) in [5, 5.41) is 4.21. The quantitative estimate of drug-likeness (QED) is 0.828. The van der Waals surface area contributed by atoms with E-state index in [9.17, 15) is 9.59 Å². The molecule has 0 aromatic carbocycles. The fourth-order valence-corrected chi connectivity index (χ4v) is 4.16. The third-order valence-electron chi connectivity index (χ3n) is 4.50. The van der Waals surface area contributed by atoms with Gasteiger partial charge < -0.3 is 9.80 Å². The highest BCUT2D eigenvalue weighted by molar-refractivity contribution is 7.99. The summed E-state index contributed by atoms with van der Waals surface area (Å²) in [5.41, 5.74) is 1.09. The number of carbonyl (C=O) groups is 2. The molecule has 1 aromatic rings. The molecule has 2 fully saturated rings. The maximum atomic E-state index is 12.7. The van der Waals surface area contributed by atoms with Crippen molar-refractivity contribution in [1.82, 2.24) is 19.6 Å². The number of amides is 2. The SMILES string of the molecule is Cc1cnn(CCC(=O)N2CCCC2C(=O)N2CCSCC2)c1. The van der Waals surface area contributed by atoms with Crippen LogP contribution < -0.4 is 0 Å². The van der Waals surface area contributed by atoms with Crippen molar-refractivity contribution in [2.45, 2.75) is 38.8 Å². The Morgan fingerprint density at radius 2 is 2.09 bits per heavy atom. The summed E-state index contributed by atoms with van der Waals surface area (Å²) >= 11 is 1.89. The summed E-state index contributed by atoms with van der Waals surface area (Å²) in [6, 6.07) is -0.245. The standard InChI is InChI=1S/C16H24N4O2S/c1-13-11-17-19(12-13)6-4-15(21)20-5-2-3-14(20)16(22)18-7-9-23-10-8-18/h11-12,14H,2-10H2,1H3. The van der Waals surface area contributed by atoms with E-state index in [0.29, 0.717) is 19.5 Å². The lowest BCUT2D eigenvalue weighted by Gasteiger charge is -2.32. The number of aryl methyl sites for hydroxylation is 2. The fraction of sp³-hybridized carbons (Fsp3) is 0.688. The Labute approximate surface area is 141 Å². The number of thioether (sulfide) groups is 1. The summed E-state index contributed by atoms with van der Waals surface area (Å²) in [4.78, 5) is 29.0. The minimum Gasteiger partial charge on any atom is -0.339 e. The fourth-order valence-electron chi connectivity index (χ4n) is 3.26. The van der Waals surface area contributed by atoms with Crippen LogP contribution in [0.4, 0.5) is 0 Å². The van der Waals surface area contributed by atoms with Crippen molar-refractivity contribution in [3.05, 3.63) is 18.0 Å². The van der Waals surface area contributed by atoms with Crippen LogP contribution >= 0.6 is 11.8 Å². The van der Waals surface area contributed by atoms with Crippen molar-refractivity contribution in [2.75, 3.05) is 31.1 Å². The van der Waals surface area contributed by atoms with Gasteiger partial charge in [-0.1, -0.05) is 0 Å². The van der Waals surface area contributed by atoms with E-state index in [1.807, 2.05) is 29.8 Å². The molecule has 2 amide bonds. The summed E-state index contributed by atoms with van der Waals surface area (Å²) in [5.74, 6) is 2.22. The van der Waals surface area contributed by atoms with Gasteiger partial charge in [-0.2, -0.15) is 16.9 Å². The van der Waals surface area contributed by atoms with Gasteiger partial charge in [-0.25, -0.2) is 0 Å². The zero-order chi connectivity index (χ0) is 16.2. The lowest BCUT2D eigenvalue weighted by molar-refractivity contribution is -0.143. The second kappa shape index (κ2) is 7.38. The van der Waals surface area contributed by atoms with Gasteiger partial charge >= 0.3 is 0 Å². The van der Waals surface area contributed by atoms with Gasteiger partial charge in [0.25, 0.3) is 0 Å². The predicted molar refractivity (Wildman–Crippen MR) is 90.2 cm³/mol. The average molecular weight is 336 g/mol. The van der Waals surface area contributed by atoms with Gasteiger partial charge in [0.05, 0.1) is 6.20 Å². The number of likely N-dealkylation sites (tertiary alicyclic amines) is 1. The average Bonchev–Trinajstić information content (AvgIpc) is 3.21. The molecule has 1 atom stereocenters. The molecule has 2 aliphatic rings. The van der Waals surface area contributed by atoms with Crippen molar-refractivity contribution < 1.29 is 9.59 Å². The maximum absolute atomic E-state index is 12.7. The molecule has 6 nitrogen and oxygen atoms in total. The van der Waals surface area contributed by atoms with Crippen LogP contribution in [-0.4, -0.2) is 68.6 Å². The first-order valence-corrected chi connectivity index (χ1v) is 9.45. The summed E-state index contributed by atoms with van der Waals surface area (Å²) < 4.78 is 1.79. The Morgan fingerprint density at radius 3 is 2.78 bits per heavy atom. The summed E-state index contributed by atoms with van der Waals surface area (Å²) in [6.45, 7) is 4.89. The van der Waals surface area contributed by atoms with Gasteiger partial charge in [0.2, 0.25) is 11.8 Å². The monoisotopic (exact) mass is 336 g/mol. The molecule has 1 unspecified atom stereocenters. The van der Waals surface area contributed by atoms with Gasteiger partial charge in [-0.3, -0.25) is 14.3 Å². The molecule has 0 N–H and O–H groups in total. The van der Waals surface area contributed by atoms with Gasteiger partial charge in [-0.05, 0) is 25.3 Å². The highest BCUT2D eigenvalue weighted by atomic mass is 32.2. The highest BCUT2D eigenvalue weighted by Gasteiger charge is 2.36. The van der Waals surface area contributed by atoms with Crippen LogP contribution in [0.15, 0.2) is 12.4 Å². The maximum Gasteiger partial charge on any atom is 0.245 e. The zero-order valence-electron chi connectivity index (χ0n) is 13.6. The van der Waals surface area contributed by atoms with Crippen LogP contribution in [-0.2, 0) is 16.1 Å². The van der Waals surface area contributed by atoms with Crippen molar-refractivity contribution in [3.8, 4) is 0 Å². The van der Waals surface area contributed by atoms with E-state index < -0.39 is 0 Å². The Hall–Kier alpha value is -1.50. The molecule has 1 aromatic heterocycles. The molecule has 0 saturated carbocycles. The summed E-state index contributed by atoms with van der Waals surface area (Å²) in [6.07, 6.45) is 5.85. The van der Waals surface area contributed by atoms with E-state index in [-0.39, 0.29) is 17.9 Å². The van der Waals surface area contributed by atoms with Crippen LogP contribution in [0.5, 0.6) is 0 Å². The van der Waals surface area contributed by atoms with E-state index in [2.05, 4.69) is 5.10 Å². The van der Waals surface area contributed by atoms with E-state index in [4.69, 9.17) is 0 Å². The van der Waals surface area contributed by atoms with Crippen molar-refractivity contribution in [1.29, 1.82) is 0 Å². The minimum atomic E-state index is -0.245. The lowest BCUT2D eigenvalue weighted by atomic mass is 10.2. The van der Waals surface area contributed by atoms with Crippen molar-refractivity contribution in [2.24, 2.45) is 0 Å². The van der Waals surface area contributed by atoms with Crippen LogP contribution in [0.1, 0.15) is 24.8 Å². The number of carbonyl (C=O) groups excluding carboxylic acids is 2. The first-order valence-electron chi connectivity index (χ1n) is 8.30. The van der Waals surface area contributed by atoms with E-state index >= 15 is 0 Å². The normalized spacial score (nSPS) is 21.7. The highest BCUT2D eigenvalue weighted by Crippen LogP contribution is 2.22. The minimum absolute atomic E-state index is 0.0698. The van der Waals surface area contributed by atoms with Crippen LogP contribution in [0.25, 0.3) is 0 Å². The van der Waals surface area contributed by atoms with Gasteiger partial charge in [-0.15, -0.1) is 0 Å². The van der Waals surface area contributed by atoms with E-state index in [1.54, 1.807) is 15.8 Å².